The third-order valence-electron chi connectivity index (χ3n) is 5.92. The Bertz CT molecular complexity index is 838. The molecule has 28 heavy (non-hydrogen) atoms. The second-order valence-electron chi connectivity index (χ2n) is 7.96. The van der Waals surface area contributed by atoms with Crippen molar-refractivity contribution in [2.45, 2.75) is 38.5 Å². The maximum atomic E-state index is 12.8. The number of nitrogens with zero attached hydrogens (tertiary/aromatic N) is 1. The minimum absolute atomic E-state index is 0.0880. The monoisotopic (exact) mass is 376 g/mol. The summed E-state index contributed by atoms with van der Waals surface area (Å²) in [5.41, 5.74) is 4.11. The molecular formula is C24H28N2O2. The molecule has 1 atom stereocenters. The largest absolute Gasteiger partial charge is 0.356 e. The molecule has 2 aliphatic heterocycles. The molecule has 0 aliphatic carbocycles. The molecule has 2 fully saturated rings. The Hall–Kier alpha value is -2.62. The lowest BCUT2D eigenvalue weighted by atomic mass is 9.91. The Balaban J connectivity index is 1.46. The van der Waals surface area contributed by atoms with Crippen LogP contribution in [0.4, 0.5) is 0 Å². The van der Waals surface area contributed by atoms with Crippen LogP contribution < -0.4 is 5.32 Å². The van der Waals surface area contributed by atoms with Gasteiger partial charge in [0.15, 0.2) is 0 Å². The lowest BCUT2D eigenvalue weighted by molar-refractivity contribution is -0.126. The fraction of sp³-hybridized carbons (Fsp3) is 0.417. The summed E-state index contributed by atoms with van der Waals surface area (Å²) in [4.78, 5) is 26.7. The molecule has 2 amide bonds. The standard InChI is InChI=1S/C24H28N2O2/c27-23-21(8-5-13-25-23)16-18-9-11-19(12-10-18)20-6-4-7-22(17-20)24(28)26-14-2-1-3-15-26/h4,6-7,9-12,17,21H,1-3,5,8,13-16H2,(H,25,27)/t21-/m1/s1. The highest BCUT2D eigenvalue weighted by molar-refractivity contribution is 5.95. The third-order valence-corrected chi connectivity index (χ3v) is 5.92. The molecule has 2 heterocycles. The molecule has 4 heteroatoms. The number of amides is 2. The van der Waals surface area contributed by atoms with E-state index in [9.17, 15) is 9.59 Å². The van der Waals surface area contributed by atoms with Crippen LogP contribution in [-0.4, -0.2) is 36.3 Å². The zero-order valence-electron chi connectivity index (χ0n) is 16.3. The Morgan fingerprint density at radius 1 is 0.964 bits per heavy atom. The van der Waals surface area contributed by atoms with E-state index in [1.807, 2.05) is 23.1 Å². The van der Waals surface area contributed by atoms with E-state index in [0.29, 0.717) is 0 Å². The molecule has 4 nitrogen and oxygen atoms in total. The van der Waals surface area contributed by atoms with Crippen molar-refractivity contribution in [1.82, 2.24) is 10.2 Å². The molecule has 0 spiro atoms. The first-order valence-electron chi connectivity index (χ1n) is 10.5. The van der Waals surface area contributed by atoms with Crippen LogP contribution in [0.25, 0.3) is 11.1 Å². The highest BCUT2D eigenvalue weighted by atomic mass is 16.2. The van der Waals surface area contributed by atoms with Gasteiger partial charge in [-0.3, -0.25) is 9.59 Å². The number of likely N-dealkylation sites (tertiary alicyclic amines) is 1. The molecular weight excluding hydrogens is 348 g/mol. The molecule has 2 aliphatic rings. The summed E-state index contributed by atoms with van der Waals surface area (Å²) in [5, 5.41) is 2.96. The van der Waals surface area contributed by atoms with Gasteiger partial charge in [-0.25, -0.2) is 0 Å². The summed E-state index contributed by atoms with van der Waals surface area (Å²) in [7, 11) is 0. The Morgan fingerprint density at radius 2 is 1.75 bits per heavy atom. The summed E-state index contributed by atoms with van der Waals surface area (Å²) in [6, 6.07) is 16.3. The van der Waals surface area contributed by atoms with E-state index in [0.717, 1.165) is 68.4 Å². The maximum absolute atomic E-state index is 12.8. The molecule has 4 rings (SSSR count). The number of piperidine rings is 2. The number of benzene rings is 2. The SMILES string of the molecule is O=C1NCCC[C@@H]1Cc1ccc(-c2cccc(C(=O)N3CCCCC3)c2)cc1. The zero-order valence-corrected chi connectivity index (χ0v) is 16.3. The maximum Gasteiger partial charge on any atom is 0.253 e. The molecule has 2 aromatic carbocycles. The van der Waals surface area contributed by atoms with Crippen molar-refractivity contribution < 1.29 is 9.59 Å². The van der Waals surface area contributed by atoms with Gasteiger partial charge in [0.05, 0.1) is 0 Å². The molecule has 0 saturated carbocycles. The fourth-order valence-corrected chi connectivity index (χ4v) is 4.26. The van der Waals surface area contributed by atoms with Gasteiger partial charge in [-0.15, -0.1) is 0 Å². The molecule has 2 aromatic rings. The smallest absolute Gasteiger partial charge is 0.253 e. The first kappa shape index (κ1) is 18.7. The first-order valence-corrected chi connectivity index (χ1v) is 10.5. The number of carbonyl (C=O) groups excluding carboxylic acids is 2. The minimum Gasteiger partial charge on any atom is -0.356 e. The number of nitrogens with one attached hydrogen (secondary N) is 1. The van der Waals surface area contributed by atoms with Gasteiger partial charge < -0.3 is 10.2 Å². The van der Waals surface area contributed by atoms with Crippen LogP contribution in [0.1, 0.15) is 48.0 Å². The van der Waals surface area contributed by atoms with Gasteiger partial charge in [-0.2, -0.15) is 0 Å². The molecule has 0 radical (unpaired) electrons. The minimum atomic E-state index is 0.0880. The molecule has 146 valence electrons. The normalized spacial score (nSPS) is 19.9. The average Bonchev–Trinajstić information content (AvgIpc) is 2.76. The fourth-order valence-electron chi connectivity index (χ4n) is 4.26. The van der Waals surface area contributed by atoms with E-state index >= 15 is 0 Å². The van der Waals surface area contributed by atoms with Crippen molar-refractivity contribution in [3.8, 4) is 11.1 Å². The number of hydrogen-bond donors (Lipinski definition) is 1. The van der Waals surface area contributed by atoms with E-state index < -0.39 is 0 Å². The molecule has 1 N–H and O–H groups in total. The number of rotatable bonds is 4. The Labute approximate surface area is 166 Å². The van der Waals surface area contributed by atoms with Crippen LogP contribution in [0.3, 0.4) is 0 Å². The Kier molecular flexibility index (Phi) is 5.75. The van der Waals surface area contributed by atoms with Gasteiger partial charge >= 0.3 is 0 Å². The average molecular weight is 377 g/mol. The highest BCUT2D eigenvalue weighted by Crippen LogP contribution is 2.24. The van der Waals surface area contributed by atoms with Gasteiger partial charge in [0.1, 0.15) is 0 Å². The van der Waals surface area contributed by atoms with Crippen LogP contribution in [0, 0.1) is 5.92 Å². The van der Waals surface area contributed by atoms with E-state index in [2.05, 4.69) is 35.6 Å². The molecule has 2 saturated heterocycles. The lowest BCUT2D eigenvalue weighted by Gasteiger charge is -2.26. The third kappa shape index (κ3) is 4.27. The predicted octanol–water partition coefficient (Wildman–Crippen LogP) is 4.05. The molecule has 0 aromatic heterocycles. The summed E-state index contributed by atoms with van der Waals surface area (Å²) in [6.45, 7) is 2.54. The summed E-state index contributed by atoms with van der Waals surface area (Å²) < 4.78 is 0. The van der Waals surface area contributed by atoms with Crippen LogP contribution >= 0.6 is 0 Å². The molecule has 0 bridgehead atoms. The van der Waals surface area contributed by atoms with E-state index in [1.165, 1.54) is 12.0 Å². The van der Waals surface area contributed by atoms with Gasteiger partial charge in [0.25, 0.3) is 5.91 Å². The molecule has 0 unspecified atom stereocenters. The van der Waals surface area contributed by atoms with Gasteiger partial charge in [0.2, 0.25) is 5.91 Å². The van der Waals surface area contributed by atoms with E-state index in [1.54, 1.807) is 0 Å². The van der Waals surface area contributed by atoms with Gasteiger partial charge in [-0.1, -0.05) is 36.4 Å². The van der Waals surface area contributed by atoms with Gasteiger partial charge in [-0.05, 0) is 67.3 Å². The topological polar surface area (TPSA) is 49.4 Å². The second kappa shape index (κ2) is 8.59. The van der Waals surface area contributed by atoms with Crippen molar-refractivity contribution in [1.29, 1.82) is 0 Å². The van der Waals surface area contributed by atoms with Crippen molar-refractivity contribution in [3.63, 3.8) is 0 Å². The lowest BCUT2D eigenvalue weighted by Crippen LogP contribution is -2.37. The summed E-state index contributed by atoms with van der Waals surface area (Å²) in [5.74, 6) is 0.408. The van der Waals surface area contributed by atoms with Gasteiger partial charge in [0, 0.05) is 31.1 Å². The second-order valence-corrected chi connectivity index (χ2v) is 7.96. The number of hydrogen-bond acceptors (Lipinski definition) is 2. The summed E-state index contributed by atoms with van der Waals surface area (Å²) in [6.07, 6.45) is 6.25. The van der Waals surface area contributed by atoms with E-state index in [-0.39, 0.29) is 17.7 Å². The van der Waals surface area contributed by atoms with Crippen molar-refractivity contribution in [3.05, 3.63) is 59.7 Å². The zero-order chi connectivity index (χ0) is 19.3. The van der Waals surface area contributed by atoms with Crippen molar-refractivity contribution in [2.75, 3.05) is 19.6 Å². The summed E-state index contributed by atoms with van der Waals surface area (Å²) >= 11 is 0. The van der Waals surface area contributed by atoms with E-state index in [4.69, 9.17) is 0 Å². The van der Waals surface area contributed by atoms with Crippen molar-refractivity contribution >= 4 is 11.8 Å². The Morgan fingerprint density at radius 3 is 2.50 bits per heavy atom. The number of carbonyl (C=O) groups is 2. The van der Waals surface area contributed by atoms with Crippen LogP contribution in [0.15, 0.2) is 48.5 Å². The van der Waals surface area contributed by atoms with Crippen LogP contribution in [0.2, 0.25) is 0 Å². The highest BCUT2D eigenvalue weighted by Gasteiger charge is 2.22. The quantitative estimate of drug-likeness (QED) is 0.875. The predicted molar refractivity (Wildman–Crippen MR) is 111 cm³/mol. The van der Waals surface area contributed by atoms with Crippen LogP contribution in [-0.2, 0) is 11.2 Å². The van der Waals surface area contributed by atoms with Crippen LogP contribution in [0.5, 0.6) is 0 Å². The van der Waals surface area contributed by atoms with Crippen molar-refractivity contribution in [2.24, 2.45) is 5.92 Å². The first-order chi connectivity index (χ1) is 13.7.